The molecule has 118 valence electrons. The van der Waals surface area contributed by atoms with Crippen molar-refractivity contribution < 1.29 is 8.78 Å². The van der Waals surface area contributed by atoms with Crippen molar-refractivity contribution in [3.8, 4) is 0 Å². The van der Waals surface area contributed by atoms with Crippen molar-refractivity contribution in [1.82, 2.24) is 10.2 Å². The summed E-state index contributed by atoms with van der Waals surface area (Å²) in [5, 5.41) is 3.17. The Morgan fingerprint density at radius 3 is 2.24 bits per heavy atom. The number of benzene rings is 1. The van der Waals surface area contributed by atoms with Gasteiger partial charge in [-0.05, 0) is 58.5 Å². The number of likely N-dealkylation sites (tertiary alicyclic amines) is 1. The fraction of sp³-hybridized carbons (Fsp3) is 0.647. The Morgan fingerprint density at radius 1 is 1.19 bits per heavy atom. The molecule has 0 aromatic heterocycles. The van der Waals surface area contributed by atoms with Crippen LogP contribution in [0.3, 0.4) is 0 Å². The van der Waals surface area contributed by atoms with Gasteiger partial charge >= 0.3 is 0 Å². The largest absolute Gasteiger partial charge is 0.311 e. The van der Waals surface area contributed by atoms with Crippen LogP contribution in [0.25, 0.3) is 0 Å². The molecular formula is C17H26F2N2. The third-order valence-electron chi connectivity index (χ3n) is 4.99. The van der Waals surface area contributed by atoms with Crippen LogP contribution in [0.2, 0.25) is 0 Å². The maximum atomic E-state index is 14.2. The van der Waals surface area contributed by atoms with Crippen LogP contribution in [0.15, 0.2) is 18.2 Å². The van der Waals surface area contributed by atoms with Gasteiger partial charge in [0, 0.05) is 11.1 Å². The van der Waals surface area contributed by atoms with E-state index in [1.54, 1.807) is 7.05 Å². The minimum absolute atomic E-state index is 0.162. The van der Waals surface area contributed by atoms with Gasteiger partial charge in [0.25, 0.3) is 0 Å². The monoisotopic (exact) mass is 296 g/mol. The topological polar surface area (TPSA) is 15.3 Å². The van der Waals surface area contributed by atoms with E-state index >= 15 is 0 Å². The second-order valence-electron chi connectivity index (χ2n) is 6.12. The number of likely N-dealkylation sites (N-methyl/N-ethyl adjacent to an activating group) is 1. The minimum atomic E-state index is -0.467. The van der Waals surface area contributed by atoms with Crippen molar-refractivity contribution in [3.05, 3.63) is 35.4 Å². The van der Waals surface area contributed by atoms with E-state index in [2.05, 4.69) is 24.1 Å². The Bertz CT molecular complexity index is 452. The van der Waals surface area contributed by atoms with E-state index in [1.165, 1.54) is 24.6 Å². The first kappa shape index (κ1) is 16.4. The highest BCUT2D eigenvalue weighted by Gasteiger charge is 2.41. The molecule has 0 radical (unpaired) electrons. The van der Waals surface area contributed by atoms with E-state index in [4.69, 9.17) is 0 Å². The Balaban J connectivity index is 2.41. The Morgan fingerprint density at radius 2 is 1.76 bits per heavy atom. The van der Waals surface area contributed by atoms with Gasteiger partial charge < -0.3 is 5.32 Å². The summed E-state index contributed by atoms with van der Waals surface area (Å²) in [4.78, 5) is 2.39. The van der Waals surface area contributed by atoms with Gasteiger partial charge in [0.1, 0.15) is 11.6 Å². The summed E-state index contributed by atoms with van der Waals surface area (Å²) in [5.41, 5.74) is -0.131. The molecule has 1 fully saturated rings. The minimum Gasteiger partial charge on any atom is -0.311 e. The van der Waals surface area contributed by atoms with Gasteiger partial charge in [0.05, 0.1) is 6.04 Å². The van der Waals surface area contributed by atoms with Crippen LogP contribution < -0.4 is 5.32 Å². The second-order valence-corrected chi connectivity index (χ2v) is 6.12. The smallest absolute Gasteiger partial charge is 0.130 e. The van der Waals surface area contributed by atoms with Gasteiger partial charge in [-0.15, -0.1) is 0 Å². The normalized spacial score (nSPS) is 21.0. The molecule has 1 heterocycles. The highest BCUT2D eigenvalue weighted by molar-refractivity contribution is 5.27. The summed E-state index contributed by atoms with van der Waals surface area (Å²) >= 11 is 0. The summed E-state index contributed by atoms with van der Waals surface area (Å²) in [5.74, 6) is -0.933. The molecule has 1 saturated heterocycles. The average Bonchev–Trinajstić information content (AvgIpc) is 2.51. The molecule has 2 atom stereocenters. The molecule has 21 heavy (non-hydrogen) atoms. The van der Waals surface area contributed by atoms with E-state index in [0.29, 0.717) is 0 Å². The molecule has 1 aromatic rings. The summed E-state index contributed by atoms with van der Waals surface area (Å²) in [6, 6.07) is 3.75. The first-order valence-electron chi connectivity index (χ1n) is 7.90. The number of halogens is 2. The maximum absolute atomic E-state index is 14.2. The predicted octanol–water partition coefficient (Wildman–Crippen LogP) is 3.88. The highest BCUT2D eigenvalue weighted by atomic mass is 19.1. The van der Waals surface area contributed by atoms with Crippen LogP contribution in [-0.4, -0.2) is 30.6 Å². The molecule has 2 rings (SSSR count). The predicted molar refractivity (Wildman–Crippen MR) is 82.3 cm³/mol. The van der Waals surface area contributed by atoms with Crippen molar-refractivity contribution in [3.63, 3.8) is 0 Å². The van der Waals surface area contributed by atoms with Crippen molar-refractivity contribution in [2.24, 2.45) is 0 Å². The fourth-order valence-electron chi connectivity index (χ4n) is 3.57. The van der Waals surface area contributed by atoms with E-state index in [9.17, 15) is 8.78 Å². The van der Waals surface area contributed by atoms with Crippen molar-refractivity contribution in [1.29, 1.82) is 0 Å². The lowest BCUT2D eigenvalue weighted by Crippen LogP contribution is -2.55. The summed E-state index contributed by atoms with van der Waals surface area (Å²) in [7, 11) is 1.79. The molecule has 1 aromatic carbocycles. The van der Waals surface area contributed by atoms with Gasteiger partial charge in [-0.2, -0.15) is 0 Å². The van der Waals surface area contributed by atoms with E-state index in [-0.39, 0.29) is 17.1 Å². The van der Waals surface area contributed by atoms with Crippen LogP contribution in [0.1, 0.15) is 51.1 Å². The Labute approximate surface area is 126 Å². The molecular weight excluding hydrogens is 270 g/mol. The second kappa shape index (κ2) is 6.84. The van der Waals surface area contributed by atoms with Crippen LogP contribution in [0, 0.1) is 11.6 Å². The van der Waals surface area contributed by atoms with Gasteiger partial charge in [-0.25, -0.2) is 8.78 Å². The van der Waals surface area contributed by atoms with Gasteiger partial charge in [0.15, 0.2) is 0 Å². The third-order valence-corrected chi connectivity index (χ3v) is 4.99. The van der Waals surface area contributed by atoms with Crippen LogP contribution in [0.4, 0.5) is 8.78 Å². The summed E-state index contributed by atoms with van der Waals surface area (Å²) < 4.78 is 28.4. The first-order valence-corrected chi connectivity index (χ1v) is 7.90. The van der Waals surface area contributed by atoms with E-state index in [1.807, 2.05) is 0 Å². The third kappa shape index (κ3) is 3.11. The number of piperidine rings is 1. The molecule has 0 bridgehead atoms. The maximum Gasteiger partial charge on any atom is 0.130 e. The van der Waals surface area contributed by atoms with Gasteiger partial charge in [-0.3, -0.25) is 4.90 Å². The quantitative estimate of drug-likeness (QED) is 0.887. The molecule has 0 saturated carbocycles. The fourth-order valence-corrected chi connectivity index (χ4v) is 3.57. The lowest BCUT2D eigenvalue weighted by molar-refractivity contribution is 0.0426. The first-order chi connectivity index (χ1) is 10.0. The number of nitrogens with one attached hydrogen (secondary N) is 1. The SMILES string of the molecule is CCC(C)(C(NC)c1c(F)cccc1F)N1CCCCC1. The molecule has 0 spiro atoms. The average molecular weight is 296 g/mol. The summed E-state index contributed by atoms with van der Waals surface area (Å²) in [6.45, 7) is 6.21. The molecule has 1 aliphatic rings. The Hall–Kier alpha value is -1.00. The lowest BCUT2D eigenvalue weighted by Gasteiger charge is -2.48. The molecule has 2 unspecified atom stereocenters. The number of rotatable bonds is 5. The number of hydrogen-bond acceptors (Lipinski definition) is 2. The van der Waals surface area contributed by atoms with Gasteiger partial charge in [0.2, 0.25) is 0 Å². The molecule has 1 aliphatic heterocycles. The standard InChI is InChI=1S/C17H26F2N2/c1-4-17(2,21-11-6-5-7-12-21)16(20-3)15-13(18)9-8-10-14(15)19/h8-10,16,20H,4-7,11-12H2,1-3H3. The van der Waals surface area contributed by atoms with Crippen LogP contribution in [0.5, 0.6) is 0 Å². The zero-order chi connectivity index (χ0) is 15.5. The van der Waals surface area contributed by atoms with Crippen molar-refractivity contribution in [2.45, 2.75) is 51.1 Å². The molecule has 4 heteroatoms. The van der Waals surface area contributed by atoms with E-state index < -0.39 is 11.6 Å². The molecule has 1 N–H and O–H groups in total. The van der Waals surface area contributed by atoms with E-state index in [0.717, 1.165) is 32.4 Å². The summed E-state index contributed by atoms with van der Waals surface area (Å²) in [6.07, 6.45) is 4.40. The lowest BCUT2D eigenvalue weighted by atomic mass is 9.81. The zero-order valence-electron chi connectivity index (χ0n) is 13.3. The van der Waals surface area contributed by atoms with Crippen molar-refractivity contribution in [2.75, 3.05) is 20.1 Å². The zero-order valence-corrected chi connectivity index (χ0v) is 13.3. The highest BCUT2D eigenvalue weighted by Crippen LogP contribution is 2.37. The molecule has 0 amide bonds. The number of nitrogens with zero attached hydrogens (tertiary/aromatic N) is 1. The van der Waals surface area contributed by atoms with Crippen LogP contribution in [-0.2, 0) is 0 Å². The Kier molecular flexibility index (Phi) is 5.33. The van der Waals surface area contributed by atoms with Crippen LogP contribution >= 0.6 is 0 Å². The molecule has 2 nitrogen and oxygen atoms in total. The van der Waals surface area contributed by atoms with Gasteiger partial charge in [-0.1, -0.05) is 19.4 Å². The number of hydrogen-bond donors (Lipinski definition) is 1. The van der Waals surface area contributed by atoms with Crippen molar-refractivity contribution >= 4 is 0 Å². The molecule has 0 aliphatic carbocycles.